The van der Waals surface area contributed by atoms with Crippen LogP contribution < -0.4 is 0 Å². The molecule has 0 bridgehead atoms. The first-order valence-corrected chi connectivity index (χ1v) is 9.00. The first-order chi connectivity index (χ1) is 11.5. The van der Waals surface area contributed by atoms with Crippen LogP contribution in [0, 0.1) is 0 Å². The minimum absolute atomic E-state index is 0.0263. The SMILES string of the molecule is CN(CC(=O)O)CC1CN(C(=O)CCSc2ccccc2)CCO1. The van der Waals surface area contributed by atoms with E-state index in [0.29, 0.717) is 32.7 Å². The van der Waals surface area contributed by atoms with E-state index in [1.165, 1.54) is 4.90 Å². The van der Waals surface area contributed by atoms with Gasteiger partial charge in [-0.2, -0.15) is 0 Å². The summed E-state index contributed by atoms with van der Waals surface area (Å²) in [5.74, 6) is 0.0239. The number of carbonyl (C=O) groups excluding carboxylic acids is 1. The van der Waals surface area contributed by atoms with Gasteiger partial charge in [-0.15, -0.1) is 11.8 Å². The van der Waals surface area contributed by atoms with Gasteiger partial charge in [0, 0.05) is 36.7 Å². The lowest BCUT2D eigenvalue weighted by atomic mass is 10.2. The van der Waals surface area contributed by atoms with Gasteiger partial charge in [0.1, 0.15) is 0 Å². The smallest absolute Gasteiger partial charge is 0.317 e. The Morgan fingerprint density at radius 1 is 1.38 bits per heavy atom. The number of ether oxygens (including phenoxy) is 1. The Kier molecular flexibility index (Phi) is 7.55. The minimum atomic E-state index is -0.862. The molecule has 1 aromatic carbocycles. The van der Waals surface area contributed by atoms with Gasteiger partial charge in [-0.25, -0.2) is 0 Å². The summed E-state index contributed by atoms with van der Waals surface area (Å²) in [7, 11) is 1.74. The van der Waals surface area contributed by atoms with Crippen LogP contribution in [0.3, 0.4) is 0 Å². The molecule has 0 aliphatic carbocycles. The predicted octanol–water partition coefficient (Wildman–Crippen LogP) is 1.41. The van der Waals surface area contributed by atoms with Gasteiger partial charge >= 0.3 is 5.97 Å². The molecule has 1 fully saturated rings. The first-order valence-electron chi connectivity index (χ1n) is 8.02. The van der Waals surface area contributed by atoms with Crippen molar-refractivity contribution in [3.8, 4) is 0 Å². The summed E-state index contributed by atoms with van der Waals surface area (Å²) < 4.78 is 5.65. The van der Waals surface area contributed by atoms with Crippen molar-refractivity contribution in [2.75, 3.05) is 45.6 Å². The highest BCUT2D eigenvalue weighted by atomic mass is 32.2. The van der Waals surface area contributed by atoms with Crippen LogP contribution in [0.1, 0.15) is 6.42 Å². The maximum absolute atomic E-state index is 12.3. The summed E-state index contributed by atoms with van der Waals surface area (Å²) >= 11 is 1.68. The predicted molar refractivity (Wildman–Crippen MR) is 93.2 cm³/mol. The molecule has 1 unspecified atom stereocenters. The van der Waals surface area contributed by atoms with Crippen molar-refractivity contribution in [1.82, 2.24) is 9.80 Å². The van der Waals surface area contributed by atoms with Crippen LogP contribution in [-0.4, -0.2) is 78.5 Å². The van der Waals surface area contributed by atoms with Gasteiger partial charge in [0.15, 0.2) is 0 Å². The Bertz CT molecular complexity index is 541. The summed E-state index contributed by atoms with van der Waals surface area (Å²) in [6.07, 6.45) is 0.367. The van der Waals surface area contributed by atoms with Gasteiger partial charge in [-0.3, -0.25) is 14.5 Å². The Labute approximate surface area is 146 Å². The Balaban J connectivity index is 1.72. The molecule has 7 heteroatoms. The molecule has 1 N–H and O–H groups in total. The molecule has 1 atom stereocenters. The molecule has 6 nitrogen and oxygen atoms in total. The largest absolute Gasteiger partial charge is 0.480 e. The highest BCUT2D eigenvalue weighted by Crippen LogP contribution is 2.18. The maximum Gasteiger partial charge on any atom is 0.317 e. The van der Waals surface area contributed by atoms with Crippen molar-refractivity contribution in [2.24, 2.45) is 0 Å². The summed E-state index contributed by atoms with van der Waals surface area (Å²) in [6.45, 7) is 2.12. The highest BCUT2D eigenvalue weighted by molar-refractivity contribution is 7.99. The number of carboxylic acids is 1. The normalized spacial score (nSPS) is 17.9. The number of morpholine rings is 1. The number of thioether (sulfide) groups is 1. The number of hydrogen-bond donors (Lipinski definition) is 1. The summed E-state index contributed by atoms with van der Waals surface area (Å²) in [6, 6.07) is 10.0. The fourth-order valence-corrected chi connectivity index (χ4v) is 3.49. The third-order valence-electron chi connectivity index (χ3n) is 3.74. The van der Waals surface area contributed by atoms with E-state index in [4.69, 9.17) is 9.84 Å². The molecule has 1 saturated heterocycles. The second kappa shape index (κ2) is 9.66. The van der Waals surface area contributed by atoms with E-state index in [2.05, 4.69) is 0 Å². The maximum atomic E-state index is 12.3. The molecule has 1 heterocycles. The van der Waals surface area contributed by atoms with Crippen molar-refractivity contribution in [1.29, 1.82) is 0 Å². The van der Waals surface area contributed by atoms with Gasteiger partial charge in [-0.05, 0) is 19.2 Å². The van der Waals surface area contributed by atoms with E-state index in [0.717, 1.165) is 5.75 Å². The van der Waals surface area contributed by atoms with Crippen LogP contribution in [0.4, 0.5) is 0 Å². The van der Waals surface area contributed by atoms with Gasteiger partial charge in [-0.1, -0.05) is 18.2 Å². The van der Waals surface area contributed by atoms with E-state index >= 15 is 0 Å². The van der Waals surface area contributed by atoms with E-state index < -0.39 is 5.97 Å². The quantitative estimate of drug-likeness (QED) is 0.714. The first kappa shape index (κ1) is 18.8. The standard InChI is InChI=1S/C17H24N2O4S/c1-18(13-17(21)22)11-14-12-19(8-9-23-14)16(20)7-10-24-15-5-3-2-4-6-15/h2-6,14H,7-13H2,1H3,(H,21,22). The van der Waals surface area contributed by atoms with Crippen molar-refractivity contribution in [3.05, 3.63) is 30.3 Å². The number of rotatable bonds is 8. The van der Waals surface area contributed by atoms with Crippen molar-refractivity contribution in [3.63, 3.8) is 0 Å². The number of amides is 1. The lowest BCUT2D eigenvalue weighted by molar-refractivity contribution is -0.142. The summed E-state index contributed by atoms with van der Waals surface area (Å²) in [4.78, 5) is 27.8. The zero-order chi connectivity index (χ0) is 17.4. The third-order valence-corrected chi connectivity index (χ3v) is 4.75. The zero-order valence-corrected chi connectivity index (χ0v) is 14.7. The number of carbonyl (C=O) groups is 2. The average Bonchev–Trinajstić information content (AvgIpc) is 2.55. The van der Waals surface area contributed by atoms with Crippen LogP contribution in [0.5, 0.6) is 0 Å². The molecule has 0 aromatic heterocycles. The second-order valence-electron chi connectivity index (χ2n) is 5.83. The molecule has 24 heavy (non-hydrogen) atoms. The third kappa shape index (κ3) is 6.51. The average molecular weight is 352 g/mol. The molecule has 1 aliphatic rings. The summed E-state index contributed by atoms with van der Waals surface area (Å²) in [5.41, 5.74) is 0. The molecule has 1 amide bonds. The van der Waals surface area contributed by atoms with Crippen LogP contribution in [-0.2, 0) is 14.3 Å². The van der Waals surface area contributed by atoms with Gasteiger partial charge in [0.25, 0.3) is 0 Å². The Morgan fingerprint density at radius 3 is 2.83 bits per heavy atom. The number of likely N-dealkylation sites (N-methyl/N-ethyl adjacent to an activating group) is 1. The van der Waals surface area contributed by atoms with Gasteiger partial charge in [0.05, 0.1) is 19.3 Å². The van der Waals surface area contributed by atoms with Crippen LogP contribution in [0.25, 0.3) is 0 Å². The Hall–Kier alpha value is -1.57. The van der Waals surface area contributed by atoms with Crippen LogP contribution in [0.2, 0.25) is 0 Å². The monoisotopic (exact) mass is 352 g/mol. The molecular formula is C17H24N2O4S. The van der Waals surface area contributed by atoms with E-state index in [-0.39, 0.29) is 18.6 Å². The van der Waals surface area contributed by atoms with Crippen molar-refractivity contribution >= 4 is 23.6 Å². The molecule has 1 aromatic rings. The molecular weight excluding hydrogens is 328 g/mol. The van der Waals surface area contributed by atoms with E-state index in [1.807, 2.05) is 35.2 Å². The fourth-order valence-electron chi connectivity index (χ4n) is 2.63. The van der Waals surface area contributed by atoms with E-state index in [1.54, 1.807) is 23.7 Å². The fraction of sp³-hybridized carbons (Fsp3) is 0.529. The second-order valence-corrected chi connectivity index (χ2v) is 7.00. The highest BCUT2D eigenvalue weighted by Gasteiger charge is 2.25. The molecule has 0 radical (unpaired) electrons. The van der Waals surface area contributed by atoms with Crippen LogP contribution >= 0.6 is 11.8 Å². The Morgan fingerprint density at radius 2 is 2.12 bits per heavy atom. The number of benzene rings is 1. The minimum Gasteiger partial charge on any atom is -0.480 e. The molecule has 0 saturated carbocycles. The summed E-state index contributed by atoms with van der Waals surface area (Å²) in [5, 5.41) is 8.80. The zero-order valence-electron chi connectivity index (χ0n) is 13.9. The molecule has 2 rings (SSSR count). The van der Waals surface area contributed by atoms with E-state index in [9.17, 15) is 9.59 Å². The molecule has 132 valence electrons. The van der Waals surface area contributed by atoms with Crippen LogP contribution in [0.15, 0.2) is 35.2 Å². The van der Waals surface area contributed by atoms with Gasteiger partial charge in [0.2, 0.25) is 5.91 Å². The molecule has 1 aliphatic heterocycles. The van der Waals surface area contributed by atoms with Crippen molar-refractivity contribution in [2.45, 2.75) is 17.4 Å². The number of carboxylic acid groups (broad SMARTS) is 1. The number of aliphatic carboxylic acids is 1. The van der Waals surface area contributed by atoms with Crippen molar-refractivity contribution < 1.29 is 19.4 Å². The lowest BCUT2D eigenvalue weighted by Crippen LogP contribution is -2.49. The van der Waals surface area contributed by atoms with Gasteiger partial charge < -0.3 is 14.7 Å². The lowest BCUT2D eigenvalue weighted by Gasteiger charge is -2.34. The topological polar surface area (TPSA) is 70.1 Å². The molecule has 0 spiro atoms. The number of nitrogens with zero attached hydrogens (tertiary/aromatic N) is 2. The number of hydrogen-bond acceptors (Lipinski definition) is 5.